The number of hydrogen-bond donors (Lipinski definition) is 1. The molecular formula is C22H41N3. The zero-order valence-corrected chi connectivity index (χ0v) is 17.1. The third-order valence-electron chi connectivity index (χ3n) is 5.64. The highest BCUT2D eigenvalue weighted by atomic mass is 15.2. The molecule has 0 spiro atoms. The molecule has 0 saturated heterocycles. The van der Waals surface area contributed by atoms with Gasteiger partial charge in [-0.05, 0) is 32.6 Å². The van der Waals surface area contributed by atoms with Gasteiger partial charge in [-0.15, -0.1) is 0 Å². The van der Waals surface area contributed by atoms with Gasteiger partial charge < -0.3 is 5.32 Å². The van der Waals surface area contributed by atoms with Crippen LogP contribution in [-0.4, -0.2) is 17.3 Å². The van der Waals surface area contributed by atoms with Crippen LogP contribution in [0.25, 0.3) is 0 Å². The fourth-order valence-electron chi connectivity index (χ4n) is 4.21. The predicted octanol–water partition coefficient (Wildman–Crippen LogP) is 6.62. The second kappa shape index (κ2) is 11.0. The van der Waals surface area contributed by atoms with Gasteiger partial charge in [0, 0.05) is 12.8 Å². The average Bonchev–Trinajstić information content (AvgIpc) is 2.59. The third-order valence-corrected chi connectivity index (χ3v) is 5.64. The van der Waals surface area contributed by atoms with Gasteiger partial charge in [0.2, 0.25) is 0 Å². The quantitative estimate of drug-likeness (QED) is 0.419. The number of nitrogens with zero attached hydrogens (tertiary/aromatic N) is 2. The smallest absolute Gasteiger partial charge is 0.148 e. The molecule has 0 bridgehead atoms. The summed E-state index contributed by atoms with van der Waals surface area (Å²) >= 11 is 0. The number of hydrogen-bond acceptors (Lipinski definition) is 3. The van der Waals surface area contributed by atoms with E-state index in [9.17, 15) is 0 Å². The van der Waals surface area contributed by atoms with E-state index in [2.05, 4.69) is 26.1 Å². The Morgan fingerprint density at radius 2 is 1.44 bits per heavy atom. The molecular weight excluding hydrogens is 306 g/mol. The Bertz CT molecular complexity index is 431. The molecule has 1 saturated carbocycles. The molecule has 144 valence electrons. The van der Waals surface area contributed by atoms with Gasteiger partial charge >= 0.3 is 0 Å². The maximum atomic E-state index is 4.84. The normalized spacial score (nSPS) is 20.8. The van der Waals surface area contributed by atoms with Gasteiger partial charge in [0.1, 0.15) is 17.3 Å². The average molecular weight is 348 g/mol. The SMILES string of the molecule is CCCCCCCCCC1=NC(C)(C)N=C(CCC2CCCCC2)N1. The second-order valence-electron chi connectivity index (χ2n) is 8.65. The van der Waals surface area contributed by atoms with E-state index in [1.807, 2.05) is 0 Å². The predicted molar refractivity (Wildman–Crippen MR) is 111 cm³/mol. The van der Waals surface area contributed by atoms with Crippen LogP contribution >= 0.6 is 0 Å². The fourth-order valence-corrected chi connectivity index (χ4v) is 4.21. The molecule has 1 aliphatic heterocycles. The van der Waals surface area contributed by atoms with E-state index >= 15 is 0 Å². The van der Waals surface area contributed by atoms with Gasteiger partial charge in [0.05, 0.1) is 0 Å². The van der Waals surface area contributed by atoms with Gasteiger partial charge in [-0.2, -0.15) is 0 Å². The van der Waals surface area contributed by atoms with Crippen molar-refractivity contribution in [2.45, 2.75) is 123 Å². The summed E-state index contributed by atoms with van der Waals surface area (Å²) in [5.74, 6) is 3.28. The Labute approximate surface area is 156 Å². The van der Waals surface area contributed by atoms with Crippen LogP contribution in [0, 0.1) is 5.92 Å². The lowest BCUT2D eigenvalue weighted by atomic mass is 9.86. The zero-order chi connectivity index (χ0) is 18.0. The summed E-state index contributed by atoms with van der Waals surface area (Å²) in [6.07, 6.45) is 20.1. The fraction of sp³-hybridized carbons (Fsp3) is 0.909. The number of rotatable bonds is 11. The van der Waals surface area contributed by atoms with E-state index in [0.29, 0.717) is 0 Å². The molecule has 1 aliphatic carbocycles. The lowest BCUT2D eigenvalue weighted by Gasteiger charge is -2.27. The third kappa shape index (κ3) is 8.37. The first-order valence-corrected chi connectivity index (χ1v) is 11.0. The lowest BCUT2D eigenvalue weighted by molar-refractivity contribution is 0.342. The highest BCUT2D eigenvalue weighted by molar-refractivity contribution is 6.02. The van der Waals surface area contributed by atoms with Gasteiger partial charge in [-0.3, -0.25) is 0 Å². The Hall–Kier alpha value is -0.860. The maximum Gasteiger partial charge on any atom is 0.148 e. The van der Waals surface area contributed by atoms with Gasteiger partial charge in [0.15, 0.2) is 0 Å². The molecule has 0 atom stereocenters. The van der Waals surface area contributed by atoms with Gasteiger partial charge in [0.25, 0.3) is 0 Å². The van der Waals surface area contributed by atoms with E-state index < -0.39 is 0 Å². The largest absolute Gasteiger partial charge is 0.332 e. The van der Waals surface area contributed by atoms with E-state index in [1.54, 1.807) is 0 Å². The standard InChI is InChI=1S/C22H41N3/c1-4-5-6-7-8-9-13-16-20-23-21(25-22(2,3)24-20)18-17-19-14-11-10-12-15-19/h19H,4-18H2,1-3H3,(H,23,24,25). The van der Waals surface area contributed by atoms with Crippen molar-refractivity contribution in [2.75, 3.05) is 0 Å². The molecule has 25 heavy (non-hydrogen) atoms. The number of nitrogens with one attached hydrogen (secondary N) is 1. The Balaban J connectivity index is 1.68. The maximum absolute atomic E-state index is 4.84. The minimum atomic E-state index is -0.274. The van der Waals surface area contributed by atoms with Crippen molar-refractivity contribution >= 4 is 11.7 Å². The van der Waals surface area contributed by atoms with E-state index in [1.165, 1.54) is 95.1 Å². The zero-order valence-electron chi connectivity index (χ0n) is 17.1. The van der Waals surface area contributed by atoms with Crippen LogP contribution in [-0.2, 0) is 0 Å². The Kier molecular flexibility index (Phi) is 8.98. The first kappa shape index (κ1) is 20.5. The molecule has 3 nitrogen and oxygen atoms in total. The van der Waals surface area contributed by atoms with Crippen molar-refractivity contribution in [1.82, 2.24) is 5.32 Å². The van der Waals surface area contributed by atoms with Crippen molar-refractivity contribution in [2.24, 2.45) is 15.9 Å². The van der Waals surface area contributed by atoms with Crippen molar-refractivity contribution < 1.29 is 0 Å². The second-order valence-corrected chi connectivity index (χ2v) is 8.65. The molecule has 0 amide bonds. The summed E-state index contributed by atoms with van der Waals surface area (Å²) in [6, 6.07) is 0. The molecule has 0 radical (unpaired) electrons. The minimum absolute atomic E-state index is 0.274. The highest BCUT2D eigenvalue weighted by Crippen LogP contribution is 2.28. The minimum Gasteiger partial charge on any atom is -0.332 e. The summed E-state index contributed by atoms with van der Waals surface area (Å²) in [6.45, 7) is 6.56. The van der Waals surface area contributed by atoms with E-state index in [4.69, 9.17) is 9.98 Å². The molecule has 2 rings (SSSR count). The Morgan fingerprint density at radius 3 is 2.12 bits per heavy atom. The first-order chi connectivity index (χ1) is 12.1. The number of amidine groups is 2. The summed E-state index contributed by atoms with van der Waals surface area (Å²) in [7, 11) is 0. The van der Waals surface area contributed by atoms with E-state index in [-0.39, 0.29) is 5.66 Å². The van der Waals surface area contributed by atoms with Crippen LogP contribution in [0.2, 0.25) is 0 Å². The summed E-state index contributed by atoms with van der Waals surface area (Å²) in [5.41, 5.74) is -0.274. The number of unbranched alkanes of at least 4 members (excludes halogenated alkanes) is 6. The molecule has 2 aliphatic rings. The summed E-state index contributed by atoms with van der Waals surface area (Å²) in [4.78, 5) is 9.67. The van der Waals surface area contributed by atoms with Crippen LogP contribution < -0.4 is 5.32 Å². The topological polar surface area (TPSA) is 36.8 Å². The lowest BCUT2D eigenvalue weighted by Crippen LogP contribution is -2.39. The summed E-state index contributed by atoms with van der Waals surface area (Å²) < 4.78 is 0. The van der Waals surface area contributed by atoms with Crippen LogP contribution in [0.1, 0.15) is 117 Å². The van der Waals surface area contributed by atoms with Gasteiger partial charge in [-0.25, -0.2) is 9.98 Å². The van der Waals surface area contributed by atoms with E-state index in [0.717, 1.165) is 18.8 Å². The highest BCUT2D eigenvalue weighted by Gasteiger charge is 2.23. The van der Waals surface area contributed by atoms with Crippen LogP contribution in [0.4, 0.5) is 0 Å². The Morgan fingerprint density at radius 1 is 0.840 bits per heavy atom. The molecule has 0 aromatic rings. The summed E-state index contributed by atoms with van der Waals surface area (Å²) in [5, 5.41) is 3.56. The van der Waals surface area contributed by atoms with Crippen LogP contribution in [0.3, 0.4) is 0 Å². The molecule has 0 aromatic heterocycles. The molecule has 1 heterocycles. The molecule has 1 fully saturated rings. The van der Waals surface area contributed by atoms with Crippen molar-refractivity contribution in [3.05, 3.63) is 0 Å². The van der Waals surface area contributed by atoms with Crippen LogP contribution in [0.5, 0.6) is 0 Å². The van der Waals surface area contributed by atoms with Crippen LogP contribution in [0.15, 0.2) is 9.98 Å². The number of aliphatic imine (C=N–C) groups is 2. The monoisotopic (exact) mass is 347 g/mol. The van der Waals surface area contributed by atoms with Gasteiger partial charge in [-0.1, -0.05) is 77.6 Å². The van der Waals surface area contributed by atoms with Crippen molar-refractivity contribution in [3.63, 3.8) is 0 Å². The molecule has 0 aromatic carbocycles. The molecule has 1 N–H and O–H groups in total. The molecule has 3 heteroatoms. The van der Waals surface area contributed by atoms with Crippen molar-refractivity contribution in [3.8, 4) is 0 Å². The first-order valence-electron chi connectivity index (χ1n) is 11.0. The van der Waals surface area contributed by atoms with Crippen molar-refractivity contribution in [1.29, 1.82) is 0 Å². The molecule has 0 unspecified atom stereocenters.